The van der Waals surface area contributed by atoms with Crippen molar-refractivity contribution in [1.29, 1.82) is 0 Å². The van der Waals surface area contributed by atoms with Crippen molar-refractivity contribution >= 4 is 23.6 Å². The summed E-state index contributed by atoms with van der Waals surface area (Å²) in [5.74, 6) is 1.52. The number of hydrogen-bond acceptors (Lipinski definition) is 0. The first-order valence-corrected chi connectivity index (χ1v) is 14.9. The van der Waals surface area contributed by atoms with E-state index in [0.717, 1.165) is 6.42 Å². The summed E-state index contributed by atoms with van der Waals surface area (Å²) in [5.41, 5.74) is 5.68. The molecule has 4 rings (SSSR count). The molecule has 0 unspecified atom stereocenters. The van der Waals surface area contributed by atoms with Gasteiger partial charge in [-0.1, -0.05) is 137 Å². The molecule has 0 spiro atoms. The molecule has 0 bridgehead atoms. The summed E-state index contributed by atoms with van der Waals surface area (Å²) >= 11 is 0. The Labute approximate surface area is 208 Å². The maximum atomic E-state index is 2.52. The molecule has 3 aromatic rings. The van der Waals surface area contributed by atoms with Gasteiger partial charge in [0.05, 0.1) is 0 Å². The molecule has 0 amide bonds. The largest absolute Gasteiger partial charge is 0.175 e. The van der Waals surface area contributed by atoms with Crippen molar-refractivity contribution in [2.75, 3.05) is 0 Å². The SMILES string of the molecule is CC1=CCC([Si](c2cccc(C(C)C)c2)(c2cccc(C(C)C)c2)c2cccc(C(C)C)c2)=C1. The first kappa shape index (κ1) is 24.5. The maximum Gasteiger partial charge on any atom is 0.175 e. The van der Waals surface area contributed by atoms with Gasteiger partial charge in [0.25, 0.3) is 0 Å². The highest BCUT2D eigenvalue weighted by molar-refractivity contribution is 7.16. The molecule has 34 heavy (non-hydrogen) atoms. The van der Waals surface area contributed by atoms with Gasteiger partial charge in [-0.25, -0.2) is 0 Å². The fourth-order valence-electron chi connectivity index (χ4n) is 5.37. The third-order valence-corrected chi connectivity index (χ3v) is 12.3. The summed E-state index contributed by atoms with van der Waals surface area (Å²) in [6.07, 6.45) is 5.96. The molecule has 0 radical (unpaired) electrons. The monoisotopic (exact) mass is 464 g/mol. The minimum absolute atomic E-state index is 0.507. The van der Waals surface area contributed by atoms with Crippen LogP contribution in [0.1, 0.15) is 89.3 Å². The van der Waals surface area contributed by atoms with Gasteiger partial charge in [-0.15, -0.1) is 0 Å². The normalized spacial score (nSPS) is 14.2. The predicted octanol–water partition coefficient (Wildman–Crippen LogP) is 7.34. The highest BCUT2D eigenvalue weighted by atomic mass is 28.3. The van der Waals surface area contributed by atoms with Gasteiger partial charge >= 0.3 is 0 Å². The van der Waals surface area contributed by atoms with Crippen LogP contribution in [0.15, 0.2) is 95.7 Å². The lowest BCUT2D eigenvalue weighted by Crippen LogP contribution is -2.68. The van der Waals surface area contributed by atoms with Crippen LogP contribution in [-0.4, -0.2) is 8.07 Å². The Kier molecular flexibility index (Phi) is 7.14. The maximum absolute atomic E-state index is 2.52. The van der Waals surface area contributed by atoms with Crippen LogP contribution in [0.25, 0.3) is 0 Å². The van der Waals surface area contributed by atoms with E-state index in [-0.39, 0.29) is 0 Å². The van der Waals surface area contributed by atoms with Crippen LogP contribution in [0.4, 0.5) is 0 Å². The molecule has 1 aliphatic rings. The zero-order valence-electron chi connectivity index (χ0n) is 22.0. The molecule has 0 nitrogen and oxygen atoms in total. The predicted molar refractivity (Wildman–Crippen MR) is 153 cm³/mol. The van der Waals surface area contributed by atoms with Crippen LogP contribution in [0.5, 0.6) is 0 Å². The van der Waals surface area contributed by atoms with E-state index >= 15 is 0 Å². The van der Waals surface area contributed by atoms with Gasteiger partial charge in [-0.2, -0.15) is 0 Å². The molecule has 0 saturated heterocycles. The van der Waals surface area contributed by atoms with E-state index in [9.17, 15) is 0 Å². The van der Waals surface area contributed by atoms with Crippen molar-refractivity contribution in [2.24, 2.45) is 0 Å². The number of rotatable bonds is 7. The lowest BCUT2D eigenvalue weighted by atomic mass is 10.0. The van der Waals surface area contributed by atoms with Crippen molar-refractivity contribution in [3.8, 4) is 0 Å². The van der Waals surface area contributed by atoms with Crippen LogP contribution in [-0.2, 0) is 0 Å². The Morgan fingerprint density at radius 3 is 1.26 bits per heavy atom. The van der Waals surface area contributed by atoms with Crippen LogP contribution < -0.4 is 15.6 Å². The molecule has 0 saturated carbocycles. The van der Waals surface area contributed by atoms with E-state index in [0.29, 0.717) is 17.8 Å². The molecule has 0 fully saturated rings. The van der Waals surface area contributed by atoms with E-state index in [1.165, 1.54) is 37.8 Å². The summed E-state index contributed by atoms with van der Waals surface area (Å²) in [6, 6.07) is 28.6. The van der Waals surface area contributed by atoms with Gasteiger partial charge in [-0.05, 0) is 63.3 Å². The molecule has 0 heterocycles. The number of allylic oxidation sites excluding steroid dienone is 4. The molecule has 0 aromatic heterocycles. The molecule has 0 aliphatic heterocycles. The Balaban J connectivity index is 2.12. The summed E-state index contributed by atoms with van der Waals surface area (Å²) in [5, 5.41) is 6.13. The minimum Gasteiger partial charge on any atom is -0.0779 e. The highest BCUT2D eigenvalue weighted by Gasteiger charge is 2.44. The van der Waals surface area contributed by atoms with Crippen molar-refractivity contribution in [2.45, 2.75) is 72.6 Å². The second-order valence-electron chi connectivity index (χ2n) is 10.9. The molecule has 1 aliphatic carbocycles. The first-order valence-electron chi connectivity index (χ1n) is 12.9. The van der Waals surface area contributed by atoms with Crippen LogP contribution in [0.3, 0.4) is 0 Å². The third-order valence-electron chi connectivity index (χ3n) is 7.49. The Hall–Kier alpha value is -2.64. The van der Waals surface area contributed by atoms with Crippen LogP contribution in [0.2, 0.25) is 0 Å². The van der Waals surface area contributed by atoms with Crippen molar-refractivity contribution in [3.05, 3.63) is 112 Å². The Morgan fingerprint density at radius 2 is 0.971 bits per heavy atom. The molecule has 0 atom stereocenters. The average molecular weight is 465 g/mol. The van der Waals surface area contributed by atoms with E-state index in [4.69, 9.17) is 0 Å². The zero-order valence-corrected chi connectivity index (χ0v) is 23.0. The zero-order chi connectivity index (χ0) is 24.5. The fraction of sp³-hybridized carbons (Fsp3) is 0.333. The molecule has 176 valence electrons. The van der Waals surface area contributed by atoms with Gasteiger partial charge in [-0.3, -0.25) is 0 Å². The lowest BCUT2D eigenvalue weighted by molar-refractivity contribution is 0.867. The van der Waals surface area contributed by atoms with E-state index in [1.54, 1.807) is 5.20 Å². The first-order chi connectivity index (χ1) is 16.2. The van der Waals surface area contributed by atoms with Gasteiger partial charge in [0.1, 0.15) is 0 Å². The smallest absolute Gasteiger partial charge is 0.0779 e. The summed E-state index contributed by atoms with van der Waals surface area (Å²) in [7, 11) is -2.46. The summed E-state index contributed by atoms with van der Waals surface area (Å²) in [4.78, 5) is 0. The second kappa shape index (κ2) is 9.92. The lowest BCUT2D eigenvalue weighted by Gasteiger charge is -2.36. The molecule has 1 heteroatoms. The van der Waals surface area contributed by atoms with Crippen LogP contribution >= 0.6 is 0 Å². The fourth-order valence-corrected chi connectivity index (χ4v) is 10.5. The number of hydrogen-bond donors (Lipinski definition) is 0. The summed E-state index contributed by atoms with van der Waals surface area (Å²) < 4.78 is 0. The highest BCUT2D eigenvalue weighted by Crippen LogP contribution is 2.29. The van der Waals surface area contributed by atoms with Crippen molar-refractivity contribution in [1.82, 2.24) is 0 Å². The molecule has 0 N–H and O–H groups in total. The van der Waals surface area contributed by atoms with Gasteiger partial charge in [0, 0.05) is 0 Å². The van der Waals surface area contributed by atoms with Crippen molar-refractivity contribution < 1.29 is 0 Å². The van der Waals surface area contributed by atoms with Gasteiger partial charge in [0.15, 0.2) is 8.07 Å². The summed E-state index contributed by atoms with van der Waals surface area (Å²) in [6.45, 7) is 16.1. The molecular weight excluding hydrogens is 424 g/mol. The van der Waals surface area contributed by atoms with E-state index < -0.39 is 8.07 Å². The van der Waals surface area contributed by atoms with Gasteiger partial charge in [0.2, 0.25) is 0 Å². The second-order valence-corrected chi connectivity index (χ2v) is 14.8. The Bertz CT molecular complexity index is 1100. The molecular formula is C33H40Si. The van der Waals surface area contributed by atoms with Crippen molar-refractivity contribution in [3.63, 3.8) is 0 Å². The van der Waals surface area contributed by atoms with Crippen LogP contribution in [0, 0.1) is 0 Å². The third kappa shape index (κ3) is 4.51. The molecule has 3 aromatic carbocycles. The quantitative estimate of drug-likeness (QED) is 0.253. The standard InChI is InChI=1S/C33H40Si/c1-23(2)27-11-8-14-30(20-27)34(33-18-17-26(7)19-33,31-15-9-12-28(21-31)24(3)4)32-16-10-13-29(22-32)25(5)6/h8-17,19-25H,18H2,1-7H3. The van der Waals surface area contributed by atoms with E-state index in [1.807, 2.05) is 0 Å². The number of benzene rings is 3. The minimum atomic E-state index is -2.46. The van der Waals surface area contributed by atoms with Gasteiger partial charge < -0.3 is 0 Å². The topological polar surface area (TPSA) is 0 Å². The Morgan fingerprint density at radius 1 is 0.588 bits per heavy atom. The average Bonchev–Trinajstić information content (AvgIpc) is 3.26. The van der Waals surface area contributed by atoms with E-state index in [2.05, 4.69) is 133 Å².